The van der Waals surface area contributed by atoms with Crippen LogP contribution in [0.5, 0.6) is 0 Å². The van der Waals surface area contributed by atoms with Crippen molar-refractivity contribution in [2.75, 3.05) is 0 Å². The largest absolute Gasteiger partial charge is 0.464 e. The van der Waals surface area contributed by atoms with Gasteiger partial charge in [-0.1, -0.05) is 0 Å². The summed E-state index contributed by atoms with van der Waals surface area (Å²) in [6.45, 7) is 1.42. The molecule has 0 radical (unpaired) electrons. The van der Waals surface area contributed by atoms with Gasteiger partial charge in [0.25, 0.3) is 0 Å². The van der Waals surface area contributed by atoms with E-state index in [9.17, 15) is 9.59 Å². The number of hydrogen-bond acceptors (Lipinski definition) is 4. The maximum Gasteiger partial charge on any atom is 0.336 e. The van der Waals surface area contributed by atoms with Crippen LogP contribution in [-0.2, 0) is 0 Å². The molecule has 0 N–H and O–H groups in total. The molecule has 0 bridgehead atoms. The lowest BCUT2D eigenvalue weighted by Gasteiger charge is -2.01. The first-order valence-corrected chi connectivity index (χ1v) is 5.12. The maximum atomic E-state index is 11.5. The molecule has 0 saturated carbocycles. The molecule has 84 valence electrons. The molecule has 0 saturated heterocycles. The van der Waals surface area contributed by atoms with Crippen molar-refractivity contribution in [2.24, 2.45) is 0 Å². The van der Waals surface area contributed by atoms with Crippen LogP contribution < -0.4 is 5.63 Å². The molecule has 2 aromatic heterocycles. The normalized spacial score (nSPS) is 11.1. The van der Waals surface area contributed by atoms with Crippen LogP contribution >= 0.6 is 0 Å². The van der Waals surface area contributed by atoms with Crippen molar-refractivity contribution >= 4 is 27.7 Å². The van der Waals surface area contributed by atoms with Crippen LogP contribution in [0, 0.1) is 0 Å². The average molecular weight is 228 g/mol. The molecule has 0 aliphatic rings. The van der Waals surface area contributed by atoms with Gasteiger partial charge in [0.1, 0.15) is 11.2 Å². The number of Topliss-reactive ketones (excluding diaryl/α,β-unsaturated/α-hetero) is 1. The number of carbonyl (C=O) groups is 1. The first-order chi connectivity index (χ1) is 8.16. The van der Waals surface area contributed by atoms with E-state index in [-0.39, 0.29) is 5.78 Å². The van der Waals surface area contributed by atoms with E-state index in [4.69, 9.17) is 8.83 Å². The SMILES string of the molecule is CC(=O)c1cc(=O)oc2c1ccc1occc12. The average Bonchev–Trinajstić information content (AvgIpc) is 2.76. The van der Waals surface area contributed by atoms with Crippen molar-refractivity contribution in [3.8, 4) is 0 Å². The standard InChI is InChI=1S/C13H8O4/c1-7(14)10-6-12(15)17-13-8(10)2-3-11-9(13)4-5-16-11/h2-6H,1H3. The molecule has 2 heterocycles. The van der Waals surface area contributed by atoms with E-state index in [2.05, 4.69) is 0 Å². The summed E-state index contributed by atoms with van der Waals surface area (Å²) in [5.41, 5.74) is 0.867. The molecule has 3 aromatic rings. The summed E-state index contributed by atoms with van der Waals surface area (Å²) in [5, 5.41) is 1.33. The molecule has 3 rings (SSSR count). The molecule has 0 aliphatic heterocycles. The lowest BCUT2D eigenvalue weighted by Crippen LogP contribution is -2.03. The Morgan fingerprint density at radius 3 is 2.76 bits per heavy atom. The molecule has 0 fully saturated rings. The first kappa shape index (κ1) is 9.84. The number of fused-ring (bicyclic) bond motifs is 3. The monoisotopic (exact) mass is 228 g/mol. The van der Waals surface area contributed by atoms with Gasteiger partial charge in [-0.3, -0.25) is 4.79 Å². The van der Waals surface area contributed by atoms with Crippen molar-refractivity contribution in [1.82, 2.24) is 0 Å². The molecule has 0 aliphatic carbocycles. The number of benzene rings is 1. The van der Waals surface area contributed by atoms with Crippen molar-refractivity contribution in [3.63, 3.8) is 0 Å². The van der Waals surface area contributed by atoms with Gasteiger partial charge in [-0.05, 0) is 25.1 Å². The fourth-order valence-electron chi connectivity index (χ4n) is 1.96. The van der Waals surface area contributed by atoms with Crippen LogP contribution in [0.3, 0.4) is 0 Å². The molecular formula is C13H8O4. The predicted octanol–water partition coefficient (Wildman–Crippen LogP) is 2.74. The highest BCUT2D eigenvalue weighted by Crippen LogP contribution is 2.27. The second kappa shape index (κ2) is 3.31. The molecule has 0 amide bonds. The summed E-state index contributed by atoms with van der Waals surface area (Å²) in [7, 11) is 0. The number of ketones is 1. The lowest BCUT2D eigenvalue weighted by atomic mass is 10.1. The van der Waals surface area contributed by atoms with E-state index in [1.165, 1.54) is 19.3 Å². The van der Waals surface area contributed by atoms with Crippen LogP contribution in [0.1, 0.15) is 17.3 Å². The van der Waals surface area contributed by atoms with Gasteiger partial charge in [0.15, 0.2) is 5.78 Å². The number of hydrogen-bond donors (Lipinski definition) is 0. The van der Waals surface area contributed by atoms with Gasteiger partial charge < -0.3 is 8.83 Å². The summed E-state index contributed by atoms with van der Waals surface area (Å²) in [5.74, 6) is -0.161. The summed E-state index contributed by atoms with van der Waals surface area (Å²) in [6.07, 6.45) is 1.52. The Bertz CT molecular complexity index is 792. The van der Waals surface area contributed by atoms with Gasteiger partial charge in [-0.25, -0.2) is 4.79 Å². The molecular weight excluding hydrogens is 220 g/mol. The summed E-state index contributed by atoms with van der Waals surface area (Å²) in [4.78, 5) is 22.9. The molecule has 17 heavy (non-hydrogen) atoms. The fourth-order valence-corrected chi connectivity index (χ4v) is 1.96. The minimum atomic E-state index is -0.531. The van der Waals surface area contributed by atoms with E-state index in [0.717, 1.165) is 0 Å². The van der Waals surface area contributed by atoms with Crippen molar-refractivity contribution in [1.29, 1.82) is 0 Å². The third kappa shape index (κ3) is 1.38. The summed E-state index contributed by atoms with van der Waals surface area (Å²) in [6, 6.07) is 6.41. The molecule has 1 aromatic carbocycles. The van der Waals surface area contributed by atoms with Gasteiger partial charge in [0.2, 0.25) is 0 Å². The third-order valence-corrected chi connectivity index (χ3v) is 2.72. The fraction of sp³-hybridized carbons (Fsp3) is 0.0769. The van der Waals surface area contributed by atoms with Gasteiger partial charge >= 0.3 is 5.63 Å². The second-order valence-corrected chi connectivity index (χ2v) is 3.81. The van der Waals surface area contributed by atoms with Gasteiger partial charge in [0.05, 0.1) is 11.6 Å². The minimum Gasteiger partial charge on any atom is -0.464 e. The van der Waals surface area contributed by atoms with Crippen molar-refractivity contribution < 1.29 is 13.6 Å². The molecule has 0 spiro atoms. The minimum absolute atomic E-state index is 0.161. The van der Waals surface area contributed by atoms with E-state index >= 15 is 0 Å². The van der Waals surface area contributed by atoms with E-state index in [0.29, 0.717) is 27.5 Å². The Labute approximate surface area is 95.4 Å². The number of rotatable bonds is 1. The topological polar surface area (TPSA) is 60.4 Å². The Morgan fingerprint density at radius 1 is 1.18 bits per heavy atom. The van der Waals surface area contributed by atoms with E-state index in [1.54, 1.807) is 18.2 Å². The zero-order valence-electron chi connectivity index (χ0n) is 9.02. The smallest absolute Gasteiger partial charge is 0.336 e. The zero-order valence-corrected chi connectivity index (χ0v) is 9.02. The molecule has 0 atom stereocenters. The Balaban J connectivity index is 2.60. The van der Waals surface area contributed by atoms with E-state index in [1.807, 2.05) is 0 Å². The highest BCUT2D eigenvalue weighted by Gasteiger charge is 2.12. The van der Waals surface area contributed by atoms with Gasteiger partial charge in [0, 0.05) is 17.0 Å². The van der Waals surface area contributed by atoms with Crippen LogP contribution in [0.2, 0.25) is 0 Å². The zero-order chi connectivity index (χ0) is 12.0. The van der Waals surface area contributed by atoms with Crippen molar-refractivity contribution in [2.45, 2.75) is 6.92 Å². The quantitative estimate of drug-likeness (QED) is 0.474. The van der Waals surface area contributed by atoms with Gasteiger partial charge in [-0.2, -0.15) is 0 Å². The highest BCUT2D eigenvalue weighted by atomic mass is 16.4. The number of furan rings is 1. The van der Waals surface area contributed by atoms with Gasteiger partial charge in [-0.15, -0.1) is 0 Å². The Kier molecular flexibility index (Phi) is 1.92. The van der Waals surface area contributed by atoms with Crippen LogP contribution in [0.25, 0.3) is 21.9 Å². The Morgan fingerprint density at radius 2 is 2.00 bits per heavy atom. The van der Waals surface area contributed by atoms with Crippen LogP contribution in [-0.4, -0.2) is 5.78 Å². The highest BCUT2D eigenvalue weighted by molar-refractivity contribution is 6.11. The molecule has 4 heteroatoms. The summed E-state index contributed by atoms with van der Waals surface area (Å²) >= 11 is 0. The second-order valence-electron chi connectivity index (χ2n) is 3.81. The molecule has 4 nitrogen and oxygen atoms in total. The van der Waals surface area contributed by atoms with Crippen molar-refractivity contribution in [3.05, 3.63) is 46.5 Å². The van der Waals surface area contributed by atoms with Crippen LogP contribution in [0.4, 0.5) is 0 Å². The lowest BCUT2D eigenvalue weighted by molar-refractivity contribution is 0.101. The first-order valence-electron chi connectivity index (χ1n) is 5.12. The number of carbonyl (C=O) groups excluding carboxylic acids is 1. The van der Waals surface area contributed by atoms with Crippen LogP contribution in [0.15, 0.2) is 44.2 Å². The predicted molar refractivity (Wildman–Crippen MR) is 62.3 cm³/mol. The summed E-state index contributed by atoms with van der Waals surface area (Å²) < 4.78 is 10.4. The third-order valence-electron chi connectivity index (χ3n) is 2.72. The van der Waals surface area contributed by atoms with E-state index < -0.39 is 5.63 Å². The maximum absolute atomic E-state index is 11.5. The Hall–Kier alpha value is -2.36. The molecule has 0 unspecified atom stereocenters.